The Morgan fingerprint density at radius 3 is 2.72 bits per heavy atom. The molecule has 0 bridgehead atoms. The largest absolute Gasteiger partial charge is 0.491 e. The quantitative estimate of drug-likeness (QED) is 0.726. The number of azo groups is 1. The summed E-state index contributed by atoms with van der Waals surface area (Å²) in [6.07, 6.45) is 0.0823. The van der Waals surface area contributed by atoms with Gasteiger partial charge in [-0.05, 0) is 19.1 Å². The predicted molar refractivity (Wildman–Crippen MR) is 93.0 cm³/mol. The summed E-state index contributed by atoms with van der Waals surface area (Å²) in [6.45, 7) is 1.77. The fourth-order valence-corrected chi connectivity index (χ4v) is 3.03. The lowest BCUT2D eigenvalue weighted by Gasteiger charge is -2.07. The Morgan fingerprint density at radius 2 is 2.04 bits per heavy atom. The molecule has 1 aromatic carbocycles. The Bertz CT molecular complexity index is 1040. The van der Waals surface area contributed by atoms with Gasteiger partial charge in [0.2, 0.25) is 5.00 Å². The maximum absolute atomic E-state index is 12.7. The summed E-state index contributed by atoms with van der Waals surface area (Å²) in [7, 11) is 1.76. The van der Waals surface area contributed by atoms with Crippen molar-refractivity contribution in [3.05, 3.63) is 51.4 Å². The third kappa shape index (κ3) is 3.07. The Kier molecular flexibility index (Phi) is 4.45. The van der Waals surface area contributed by atoms with E-state index in [1.807, 2.05) is 36.4 Å². The number of para-hydroxylation sites is 1. The van der Waals surface area contributed by atoms with E-state index < -0.39 is 0 Å². The number of benzene rings is 1. The Balaban J connectivity index is 2.02. The van der Waals surface area contributed by atoms with E-state index in [0.717, 1.165) is 17.0 Å². The maximum Gasteiger partial charge on any atom is 0.299 e. The first kappa shape index (κ1) is 16.6. The summed E-state index contributed by atoms with van der Waals surface area (Å²) in [4.78, 5) is 16.5. The zero-order valence-electron chi connectivity index (χ0n) is 13.5. The molecule has 1 N–H and O–H groups in total. The highest BCUT2D eigenvalue weighted by atomic mass is 32.1. The van der Waals surface area contributed by atoms with E-state index in [-0.39, 0.29) is 28.5 Å². The zero-order valence-corrected chi connectivity index (χ0v) is 14.4. The van der Waals surface area contributed by atoms with Gasteiger partial charge in [-0.2, -0.15) is 5.26 Å². The minimum absolute atomic E-state index is 0.0823. The Morgan fingerprint density at radius 1 is 1.32 bits per heavy atom. The molecule has 0 aliphatic carbocycles. The van der Waals surface area contributed by atoms with Crippen molar-refractivity contribution in [3.63, 3.8) is 0 Å². The van der Waals surface area contributed by atoms with Crippen molar-refractivity contribution in [1.29, 1.82) is 5.26 Å². The lowest BCUT2D eigenvalue weighted by Crippen LogP contribution is -2.19. The average molecular weight is 354 g/mol. The SMILES string of the molecule is Cc1c(N=Nc2sc(CC#N)nc2O)c(=O)n(-c2ccccc2)n1C. The van der Waals surface area contributed by atoms with Crippen molar-refractivity contribution < 1.29 is 5.11 Å². The molecule has 0 amide bonds. The zero-order chi connectivity index (χ0) is 18.0. The van der Waals surface area contributed by atoms with Crippen molar-refractivity contribution >= 4 is 22.0 Å². The molecule has 0 aliphatic rings. The molecule has 25 heavy (non-hydrogen) atoms. The van der Waals surface area contributed by atoms with E-state index >= 15 is 0 Å². The highest BCUT2D eigenvalue weighted by Gasteiger charge is 2.16. The fraction of sp³-hybridized carbons (Fsp3) is 0.188. The number of aromatic hydroxyl groups is 1. The van der Waals surface area contributed by atoms with Gasteiger partial charge in [-0.15, -0.1) is 10.2 Å². The number of rotatable bonds is 4. The minimum atomic E-state index is -0.309. The summed E-state index contributed by atoms with van der Waals surface area (Å²) in [5, 5.41) is 27.0. The molecule has 0 aliphatic heterocycles. The number of nitriles is 1. The van der Waals surface area contributed by atoms with Crippen LogP contribution in [0.2, 0.25) is 0 Å². The molecule has 0 spiro atoms. The Labute approximate surface area is 146 Å². The first-order chi connectivity index (χ1) is 12.0. The number of nitrogens with zero attached hydrogens (tertiary/aromatic N) is 6. The van der Waals surface area contributed by atoms with Gasteiger partial charge in [-0.3, -0.25) is 9.48 Å². The second kappa shape index (κ2) is 6.70. The monoisotopic (exact) mass is 354 g/mol. The van der Waals surface area contributed by atoms with Crippen LogP contribution in [-0.2, 0) is 13.5 Å². The first-order valence-electron chi connectivity index (χ1n) is 7.34. The third-order valence-electron chi connectivity index (χ3n) is 3.63. The van der Waals surface area contributed by atoms with E-state index in [2.05, 4.69) is 15.2 Å². The fourth-order valence-electron chi connectivity index (χ4n) is 2.32. The summed E-state index contributed by atoms with van der Waals surface area (Å²) in [6, 6.07) is 11.2. The highest BCUT2D eigenvalue weighted by molar-refractivity contribution is 7.15. The molecule has 9 heteroatoms. The Hall–Kier alpha value is -3.25. The van der Waals surface area contributed by atoms with Gasteiger partial charge >= 0.3 is 0 Å². The maximum atomic E-state index is 12.7. The van der Waals surface area contributed by atoms with Gasteiger partial charge in [0, 0.05) is 7.05 Å². The van der Waals surface area contributed by atoms with E-state index in [0.29, 0.717) is 10.7 Å². The molecule has 126 valence electrons. The molecule has 0 saturated carbocycles. The van der Waals surface area contributed by atoms with Gasteiger partial charge in [0.1, 0.15) is 5.01 Å². The van der Waals surface area contributed by atoms with Gasteiger partial charge in [0.25, 0.3) is 11.4 Å². The standard InChI is InChI=1S/C16H14N6O2S/c1-10-13(19-20-15-14(23)18-12(25-15)8-9-17)16(24)22(21(10)2)11-6-4-3-5-7-11/h3-7,23H,8H2,1-2H3. The molecule has 0 atom stereocenters. The normalized spacial score (nSPS) is 11.1. The molecule has 8 nitrogen and oxygen atoms in total. The van der Waals surface area contributed by atoms with E-state index in [9.17, 15) is 9.90 Å². The molecule has 0 saturated heterocycles. The van der Waals surface area contributed by atoms with Crippen molar-refractivity contribution in [1.82, 2.24) is 14.3 Å². The smallest absolute Gasteiger partial charge is 0.299 e. The van der Waals surface area contributed by atoms with Crippen molar-refractivity contribution in [2.45, 2.75) is 13.3 Å². The second-order valence-electron chi connectivity index (χ2n) is 5.18. The van der Waals surface area contributed by atoms with Crippen molar-refractivity contribution in [2.24, 2.45) is 17.3 Å². The van der Waals surface area contributed by atoms with Gasteiger partial charge in [0.05, 0.1) is 23.9 Å². The van der Waals surface area contributed by atoms with Crippen LogP contribution in [0.1, 0.15) is 10.7 Å². The van der Waals surface area contributed by atoms with E-state index in [4.69, 9.17) is 5.26 Å². The lowest BCUT2D eigenvalue weighted by atomic mass is 10.3. The van der Waals surface area contributed by atoms with Crippen LogP contribution >= 0.6 is 11.3 Å². The predicted octanol–water partition coefficient (Wildman–Crippen LogP) is 3.13. The summed E-state index contributed by atoms with van der Waals surface area (Å²) in [5.74, 6) is -0.295. The molecule has 3 rings (SSSR count). The summed E-state index contributed by atoms with van der Waals surface area (Å²) < 4.78 is 3.19. The average Bonchev–Trinajstić information content (AvgIpc) is 3.05. The number of hydrogen-bond acceptors (Lipinski definition) is 7. The highest BCUT2D eigenvalue weighted by Crippen LogP contribution is 2.34. The van der Waals surface area contributed by atoms with Gasteiger partial charge in [-0.25, -0.2) is 9.67 Å². The molecule has 0 radical (unpaired) electrons. The molecule has 0 fully saturated rings. The molecule has 2 aromatic heterocycles. The molecule has 2 heterocycles. The van der Waals surface area contributed by atoms with Crippen molar-refractivity contribution in [3.8, 4) is 17.6 Å². The van der Waals surface area contributed by atoms with Crippen molar-refractivity contribution in [2.75, 3.05) is 0 Å². The van der Waals surface area contributed by atoms with Crippen LogP contribution in [0.25, 0.3) is 5.69 Å². The number of hydrogen-bond donors (Lipinski definition) is 1. The third-order valence-corrected chi connectivity index (χ3v) is 4.56. The molecular formula is C16H14N6O2S. The number of aromatic nitrogens is 3. The van der Waals surface area contributed by atoms with Crippen LogP contribution in [-0.4, -0.2) is 19.5 Å². The summed E-state index contributed by atoms with van der Waals surface area (Å²) >= 11 is 1.06. The van der Waals surface area contributed by atoms with Gasteiger partial charge < -0.3 is 5.11 Å². The minimum Gasteiger partial charge on any atom is -0.491 e. The first-order valence-corrected chi connectivity index (χ1v) is 8.16. The second-order valence-corrected chi connectivity index (χ2v) is 6.24. The van der Waals surface area contributed by atoms with Crippen LogP contribution < -0.4 is 5.56 Å². The number of thiazole rings is 1. The van der Waals surface area contributed by atoms with Gasteiger partial charge in [0.15, 0.2) is 5.69 Å². The van der Waals surface area contributed by atoms with Crippen LogP contribution in [0.5, 0.6) is 5.88 Å². The van der Waals surface area contributed by atoms with Gasteiger partial charge in [-0.1, -0.05) is 29.5 Å². The van der Waals surface area contributed by atoms with E-state index in [1.165, 1.54) is 4.68 Å². The molecular weight excluding hydrogens is 340 g/mol. The van der Waals surface area contributed by atoms with E-state index in [1.54, 1.807) is 18.7 Å². The molecule has 0 unspecified atom stereocenters. The van der Waals surface area contributed by atoms with Crippen LogP contribution in [0.15, 0.2) is 45.4 Å². The lowest BCUT2D eigenvalue weighted by molar-refractivity contribution is 0.457. The molecule has 3 aromatic rings. The van der Waals surface area contributed by atoms with Crippen LogP contribution in [0, 0.1) is 18.3 Å². The summed E-state index contributed by atoms with van der Waals surface area (Å²) in [5.41, 5.74) is 1.23. The van der Waals surface area contributed by atoms with Crippen LogP contribution in [0.4, 0.5) is 10.7 Å². The topological polar surface area (TPSA) is 109 Å². The van der Waals surface area contributed by atoms with Crippen LogP contribution in [0.3, 0.4) is 0 Å².